The monoisotopic (exact) mass is 434 g/mol. The number of ether oxygens (including phenoxy) is 1. The summed E-state index contributed by atoms with van der Waals surface area (Å²) in [5.41, 5.74) is 1.49. The summed E-state index contributed by atoms with van der Waals surface area (Å²) in [4.78, 5) is 33.3. The van der Waals surface area contributed by atoms with Gasteiger partial charge in [0.25, 0.3) is 5.91 Å². The molecule has 0 radical (unpaired) electrons. The summed E-state index contributed by atoms with van der Waals surface area (Å²) in [6, 6.07) is 15.2. The Labute approximate surface area is 188 Å². The van der Waals surface area contributed by atoms with E-state index in [4.69, 9.17) is 4.74 Å². The Morgan fingerprint density at radius 3 is 2.59 bits per heavy atom. The summed E-state index contributed by atoms with van der Waals surface area (Å²) in [5.74, 6) is 1.20. The maximum absolute atomic E-state index is 13.7. The van der Waals surface area contributed by atoms with Crippen molar-refractivity contribution in [2.45, 2.75) is 45.8 Å². The number of methoxy groups -OCH3 is 1. The quantitative estimate of drug-likeness (QED) is 0.616. The summed E-state index contributed by atoms with van der Waals surface area (Å²) in [6.45, 7) is 7.32. The number of amides is 2. The Hall–Kier alpha value is -3.35. The van der Waals surface area contributed by atoms with Crippen molar-refractivity contribution >= 4 is 22.8 Å². The van der Waals surface area contributed by atoms with Gasteiger partial charge in [-0.15, -0.1) is 0 Å². The van der Waals surface area contributed by atoms with Gasteiger partial charge in [0.1, 0.15) is 11.3 Å². The van der Waals surface area contributed by atoms with Gasteiger partial charge in [-0.2, -0.15) is 0 Å². The molecule has 2 heterocycles. The van der Waals surface area contributed by atoms with E-state index in [0.29, 0.717) is 31.4 Å². The van der Waals surface area contributed by atoms with E-state index in [9.17, 15) is 9.59 Å². The van der Waals surface area contributed by atoms with E-state index in [1.54, 1.807) is 12.0 Å². The van der Waals surface area contributed by atoms with E-state index >= 15 is 0 Å². The molecule has 7 heteroatoms. The van der Waals surface area contributed by atoms with E-state index in [0.717, 1.165) is 28.8 Å². The van der Waals surface area contributed by atoms with Gasteiger partial charge in [-0.05, 0) is 49.1 Å². The minimum atomic E-state index is -1.05. The van der Waals surface area contributed by atoms with Crippen LogP contribution in [-0.4, -0.2) is 45.5 Å². The number of nitrogens with zero attached hydrogens (tertiary/aromatic N) is 3. The molecule has 1 aromatic heterocycles. The number of benzene rings is 2. The summed E-state index contributed by atoms with van der Waals surface area (Å²) in [5, 5.41) is 3.06. The van der Waals surface area contributed by atoms with Crippen LogP contribution in [0.5, 0.6) is 5.75 Å². The smallest absolute Gasteiger partial charge is 0.291 e. The molecule has 0 saturated heterocycles. The molecule has 2 aromatic carbocycles. The topological polar surface area (TPSA) is 76.5 Å². The number of imidazole rings is 1. The molecule has 3 aromatic rings. The number of hydrogen-bond acceptors (Lipinski definition) is 4. The van der Waals surface area contributed by atoms with E-state index < -0.39 is 5.54 Å². The van der Waals surface area contributed by atoms with Crippen LogP contribution in [0.25, 0.3) is 11.0 Å². The molecule has 0 aliphatic carbocycles. The summed E-state index contributed by atoms with van der Waals surface area (Å²) in [6.07, 6.45) is 0.882. The Bertz CT molecular complexity index is 1140. The molecular weight excluding hydrogens is 404 g/mol. The van der Waals surface area contributed by atoms with Crippen LogP contribution in [0, 0.1) is 5.92 Å². The van der Waals surface area contributed by atoms with Gasteiger partial charge in [0.15, 0.2) is 5.82 Å². The number of hydrogen-bond donors (Lipinski definition) is 1. The number of aromatic nitrogens is 2. The highest BCUT2D eigenvalue weighted by atomic mass is 16.5. The van der Waals surface area contributed by atoms with Crippen molar-refractivity contribution in [2.24, 2.45) is 5.92 Å². The minimum absolute atomic E-state index is 0.150. The first-order valence-electron chi connectivity index (χ1n) is 11.0. The van der Waals surface area contributed by atoms with Crippen LogP contribution in [0.1, 0.15) is 43.4 Å². The van der Waals surface area contributed by atoms with Crippen LogP contribution in [-0.2, 0) is 17.9 Å². The largest absolute Gasteiger partial charge is 0.497 e. The van der Waals surface area contributed by atoms with Crippen LogP contribution in [0.15, 0.2) is 48.5 Å². The fraction of sp³-hybridized carbons (Fsp3) is 0.400. The third kappa shape index (κ3) is 3.95. The summed E-state index contributed by atoms with van der Waals surface area (Å²) < 4.78 is 7.12. The van der Waals surface area contributed by atoms with Crippen LogP contribution in [0.4, 0.5) is 0 Å². The third-order valence-corrected chi connectivity index (χ3v) is 6.15. The lowest BCUT2D eigenvalue weighted by molar-refractivity contribution is -0.133. The zero-order valence-corrected chi connectivity index (χ0v) is 19.1. The zero-order valence-electron chi connectivity index (χ0n) is 19.1. The van der Waals surface area contributed by atoms with E-state index in [-0.39, 0.29) is 11.8 Å². The summed E-state index contributed by atoms with van der Waals surface area (Å²) >= 11 is 0. The molecular formula is C25H30N4O3. The SMILES string of the molecule is COc1ccc(CN2C(=O)c3nc4ccccc4n3C[C@]2(C)C(=O)NCCC(C)C)cc1. The number of carbonyl (C=O) groups is 2. The molecule has 0 bridgehead atoms. The highest BCUT2D eigenvalue weighted by Crippen LogP contribution is 2.32. The highest BCUT2D eigenvalue weighted by molar-refractivity contribution is 6.01. The molecule has 2 amide bonds. The number of carbonyl (C=O) groups excluding carboxylic acids is 2. The van der Waals surface area contributed by atoms with Gasteiger partial charge in [0, 0.05) is 13.1 Å². The Morgan fingerprint density at radius 1 is 1.19 bits per heavy atom. The maximum Gasteiger partial charge on any atom is 0.291 e. The fourth-order valence-electron chi connectivity index (χ4n) is 4.16. The van der Waals surface area contributed by atoms with Crippen LogP contribution < -0.4 is 10.1 Å². The third-order valence-electron chi connectivity index (χ3n) is 6.15. The number of nitrogens with one attached hydrogen (secondary N) is 1. The molecule has 32 heavy (non-hydrogen) atoms. The Balaban J connectivity index is 1.72. The average Bonchev–Trinajstić information content (AvgIpc) is 3.15. The predicted octanol–water partition coefficient (Wildman–Crippen LogP) is 3.62. The van der Waals surface area contributed by atoms with Gasteiger partial charge in [-0.1, -0.05) is 38.1 Å². The van der Waals surface area contributed by atoms with Crippen molar-refractivity contribution in [1.29, 1.82) is 0 Å². The number of fused-ring (bicyclic) bond motifs is 3. The van der Waals surface area contributed by atoms with Gasteiger partial charge >= 0.3 is 0 Å². The molecule has 7 nitrogen and oxygen atoms in total. The predicted molar refractivity (Wildman–Crippen MR) is 123 cm³/mol. The fourth-order valence-corrected chi connectivity index (χ4v) is 4.16. The normalized spacial score (nSPS) is 18.2. The second-order valence-electron chi connectivity index (χ2n) is 8.96. The lowest BCUT2D eigenvalue weighted by Gasteiger charge is -2.43. The standard InChI is InChI=1S/C25H30N4O3/c1-17(2)13-14-26-24(31)25(3)16-28-21-8-6-5-7-20(21)27-22(28)23(30)29(25)15-18-9-11-19(32-4)12-10-18/h5-12,17H,13-16H2,1-4H3,(H,26,31)/t25-/m1/s1. The Kier molecular flexibility index (Phi) is 5.91. The molecule has 1 atom stereocenters. The first-order chi connectivity index (χ1) is 15.3. The lowest BCUT2D eigenvalue weighted by Crippen LogP contribution is -2.63. The van der Waals surface area contributed by atoms with Gasteiger partial charge in [0.2, 0.25) is 5.91 Å². The van der Waals surface area contributed by atoms with Crippen molar-refractivity contribution in [3.63, 3.8) is 0 Å². The molecule has 1 N–H and O–H groups in total. The van der Waals surface area contributed by atoms with E-state index in [1.165, 1.54) is 0 Å². The second kappa shape index (κ2) is 8.65. The average molecular weight is 435 g/mol. The van der Waals surface area contributed by atoms with E-state index in [2.05, 4.69) is 24.1 Å². The maximum atomic E-state index is 13.7. The van der Waals surface area contributed by atoms with Crippen molar-refractivity contribution < 1.29 is 14.3 Å². The van der Waals surface area contributed by atoms with Crippen molar-refractivity contribution in [1.82, 2.24) is 19.8 Å². The number of para-hydroxylation sites is 2. The molecule has 1 aliphatic rings. The van der Waals surface area contributed by atoms with Crippen molar-refractivity contribution in [3.8, 4) is 5.75 Å². The van der Waals surface area contributed by atoms with Crippen LogP contribution in [0.2, 0.25) is 0 Å². The van der Waals surface area contributed by atoms with Gasteiger partial charge in [-0.3, -0.25) is 9.59 Å². The number of rotatable bonds is 7. The lowest BCUT2D eigenvalue weighted by atomic mass is 9.94. The van der Waals surface area contributed by atoms with Gasteiger partial charge in [0.05, 0.1) is 24.7 Å². The molecule has 168 valence electrons. The van der Waals surface area contributed by atoms with Crippen molar-refractivity contribution in [3.05, 3.63) is 59.9 Å². The molecule has 0 saturated carbocycles. The molecule has 4 rings (SSSR count). The molecule has 0 unspecified atom stereocenters. The summed E-state index contributed by atoms with van der Waals surface area (Å²) in [7, 11) is 1.62. The first-order valence-corrected chi connectivity index (χ1v) is 11.0. The second-order valence-corrected chi connectivity index (χ2v) is 8.96. The minimum Gasteiger partial charge on any atom is -0.497 e. The van der Waals surface area contributed by atoms with Gasteiger partial charge < -0.3 is 19.5 Å². The van der Waals surface area contributed by atoms with E-state index in [1.807, 2.05) is 60.0 Å². The molecule has 1 aliphatic heterocycles. The molecule has 0 fully saturated rings. The Morgan fingerprint density at radius 2 is 1.91 bits per heavy atom. The highest BCUT2D eigenvalue weighted by Gasteiger charge is 2.48. The van der Waals surface area contributed by atoms with Crippen LogP contribution >= 0.6 is 0 Å². The van der Waals surface area contributed by atoms with Crippen molar-refractivity contribution in [2.75, 3.05) is 13.7 Å². The zero-order chi connectivity index (χ0) is 22.9. The molecule has 0 spiro atoms. The first kappa shape index (κ1) is 21.9. The van der Waals surface area contributed by atoms with Crippen LogP contribution in [0.3, 0.4) is 0 Å². The van der Waals surface area contributed by atoms with Gasteiger partial charge in [-0.25, -0.2) is 4.98 Å².